The molecule has 0 atom stereocenters. The van der Waals surface area contributed by atoms with Crippen molar-refractivity contribution >= 4 is 29.0 Å². The number of rotatable bonds is 3. The van der Waals surface area contributed by atoms with Gasteiger partial charge in [0, 0.05) is 11.2 Å². The number of nitrogens with one attached hydrogen (secondary N) is 2. The van der Waals surface area contributed by atoms with E-state index in [1.165, 1.54) is 6.07 Å². The molecule has 0 spiro atoms. The number of hydrogen-bond acceptors (Lipinski definition) is 4. The minimum atomic E-state index is -0.329. The maximum atomic E-state index is 12.0. The Morgan fingerprint density at radius 1 is 1.28 bits per heavy atom. The molecule has 1 amide bonds. The highest BCUT2D eigenvalue weighted by Crippen LogP contribution is 2.20. The molecular formula is C12H11ClN4O. The second-order valence-corrected chi connectivity index (χ2v) is 3.94. The Balaban J connectivity index is 2.26. The van der Waals surface area contributed by atoms with Crippen LogP contribution in [0.5, 0.6) is 0 Å². The van der Waals surface area contributed by atoms with Crippen LogP contribution in [0.4, 0.5) is 11.5 Å². The standard InChI is InChI=1S/C12H11ClN4O/c13-8-4-5-10(17-14)9(7-8)12(18)16-11-3-1-2-6-15-11/h1-7,17H,14H2,(H,15,16,18). The number of halogens is 1. The molecule has 6 heteroatoms. The number of hydrogen-bond donors (Lipinski definition) is 3. The molecule has 0 saturated carbocycles. The summed E-state index contributed by atoms with van der Waals surface area (Å²) in [4.78, 5) is 16.0. The molecule has 18 heavy (non-hydrogen) atoms. The van der Waals surface area contributed by atoms with Crippen LogP contribution in [0.1, 0.15) is 10.4 Å². The SMILES string of the molecule is NNc1ccc(Cl)cc1C(=O)Nc1ccccn1. The number of nitrogens with two attached hydrogens (primary N) is 1. The minimum absolute atomic E-state index is 0.329. The molecular weight excluding hydrogens is 252 g/mol. The minimum Gasteiger partial charge on any atom is -0.323 e. The number of carbonyl (C=O) groups excluding carboxylic acids is 1. The van der Waals surface area contributed by atoms with Crippen molar-refractivity contribution in [3.05, 3.63) is 53.2 Å². The number of amides is 1. The Labute approximate surface area is 109 Å². The molecule has 0 unspecified atom stereocenters. The summed E-state index contributed by atoms with van der Waals surface area (Å²) in [5, 5.41) is 3.11. The van der Waals surface area contributed by atoms with Gasteiger partial charge < -0.3 is 10.7 Å². The number of benzene rings is 1. The fourth-order valence-electron chi connectivity index (χ4n) is 1.45. The van der Waals surface area contributed by atoms with Gasteiger partial charge in [0.2, 0.25) is 0 Å². The number of anilines is 2. The van der Waals surface area contributed by atoms with Crippen molar-refractivity contribution in [1.82, 2.24) is 4.98 Å². The first-order chi connectivity index (χ1) is 8.70. The molecule has 92 valence electrons. The predicted octanol–water partition coefficient (Wildman–Crippen LogP) is 2.27. The van der Waals surface area contributed by atoms with Crippen LogP contribution < -0.4 is 16.6 Å². The second-order valence-electron chi connectivity index (χ2n) is 3.50. The lowest BCUT2D eigenvalue weighted by Gasteiger charge is -2.09. The number of pyridine rings is 1. The van der Waals surface area contributed by atoms with Crippen LogP contribution in [0.2, 0.25) is 5.02 Å². The van der Waals surface area contributed by atoms with E-state index in [2.05, 4.69) is 15.7 Å². The van der Waals surface area contributed by atoms with E-state index in [1.54, 1.807) is 36.5 Å². The van der Waals surface area contributed by atoms with E-state index >= 15 is 0 Å². The number of aromatic nitrogens is 1. The summed E-state index contributed by atoms with van der Waals surface area (Å²) >= 11 is 5.86. The Hall–Kier alpha value is -2.11. The maximum absolute atomic E-state index is 12.0. The van der Waals surface area contributed by atoms with Gasteiger partial charge >= 0.3 is 0 Å². The average molecular weight is 263 g/mol. The van der Waals surface area contributed by atoms with Gasteiger partial charge in [-0.2, -0.15) is 0 Å². The van der Waals surface area contributed by atoms with Crippen LogP contribution in [0, 0.1) is 0 Å². The highest BCUT2D eigenvalue weighted by molar-refractivity contribution is 6.31. The Morgan fingerprint density at radius 3 is 2.78 bits per heavy atom. The molecule has 0 aliphatic rings. The van der Waals surface area contributed by atoms with Gasteiger partial charge in [-0.15, -0.1) is 0 Å². The van der Waals surface area contributed by atoms with E-state index < -0.39 is 0 Å². The third kappa shape index (κ3) is 2.77. The molecule has 0 aliphatic heterocycles. The molecule has 2 aromatic rings. The zero-order chi connectivity index (χ0) is 13.0. The van der Waals surface area contributed by atoms with Crippen molar-refractivity contribution in [2.24, 2.45) is 5.84 Å². The quantitative estimate of drug-likeness (QED) is 0.586. The van der Waals surface area contributed by atoms with Gasteiger partial charge in [0.25, 0.3) is 5.91 Å². The summed E-state index contributed by atoms with van der Waals surface area (Å²) in [6.45, 7) is 0. The van der Waals surface area contributed by atoms with Crippen LogP contribution in [0.25, 0.3) is 0 Å². The third-order valence-electron chi connectivity index (χ3n) is 2.29. The lowest BCUT2D eigenvalue weighted by Crippen LogP contribution is -2.17. The molecule has 2 rings (SSSR count). The largest absolute Gasteiger partial charge is 0.323 e. The van der Waals surface area contributed by atoms with Crippen LogP contribution in [-0.2, 0) is 0 Å². The number of nitrogens with zero attached hydrogens (tertiary/aromatic N) is 1. The summed E-state index contributed by atoms with van der Waals surface area (Å²) in [7, 11) is 0. The number of hydrazine groups is 1. The normalized spacial score (nSPS) is 9.89. The first kappa shape index (κ1) is 12.3. The van der Waals surface area contributed by atoms with E-state index in [1.807, 2.05) is 0 Å². The summed E-state index contributed by atoms with van der Waals surface area (Å²) in [5.41, 5.74) is 3.30. The first-order valence-corrected chi connectivity index (χ1v) is 5.57. The van der Waals surface area contributed by atoms with Gasteiger partial charge in [-0.1, -0.05) is 17.7 Å². The van der Waals surface area contributed by atoms with Crippen LogP contribution in [0.3, 0.4) is 0 Å². The molecule has 4 N–H and O–H groups in total. The zero-order valence-corrected chi connectivity index (χ0v) is 10.1. The number of nitrogen functional groups attached to an aromatic ring is 1. The highest BCUT2D eigenvalue weighted by atomic mass is 35.5. The van der Waals surface area contributed by atoms with Crippen LogP contribution in [0.15, 0.2) is 42.6 Å². The summed E-state index contributed by atoms with van der Waals surface area (Å²) in [6, 6.07) is 10.1. The molecule has 0 saturated heterocycles. The van der Waals surface area contributed by atoms with Crippen molar-refractivity contribution in [1.29, 1.82) is 0 Å². The molecule has 0 bridgehead atoms. The lowest BCUT2D eigenvalue weighted by atomic mass is 10.1. The average Bonchev–Trinajstić information content (AvgIpc) is 2.40. The van der Waals surface area contributed by atoms with E-state index in [-0.39, 0.29) is 5.91 Å². The van der Waals surface area contributed by atoms with Crippen molar-refractivity contribution in [3.8, 4) is 0 Å². The Kier molecular flexibility index (Phi) is 3.76. The molecule has 5 nitrogen and oxygen atoms in total. The van der Waals surface area contributed by atoms with Gasteiger partial charge in [0.1, 0.15) is 5.82 Å². The molecule has 1 aromatic carbocycles. The fraction of sp³-hybridized carbons (Fsp3) is 0. The summed E-state index contributed by atoms with van der Waals surface area (Å²) in [5.74, 6) is 5.48. The molecule has 1 aromatic heterocycles. The van der Waals surface area contributed by atoms with Gasteiger partial charge in [0.05, 0.1) is 11.3 Å². The van der Waals surface area contributed by atoms with Crippen LogP contribution >= 0.6 is 11.6 Å². The van der Waals surface area contributed by atoms with E-state index in [9.17, 15) is 4.79 Å². The van der Waals surface area contributed by atoms with E-state index in [0.717, 1.165) is 0 Å². The molecule has 0 fully saturated rings. The molecule has 0 radical (unpaired) electrons. The van der Waals surface area contributed by atoms with E-state index in [0.29, 0.717) is 22.1 Å². The zero-order valence-electron chi connectivity index (χ0n) is 9.35. The molecule has 0 aliphatic carbocycles. The predicted molar refractivity (Wildman–Crippen MR) is 71.5 cm³/mol. The molecule has 1 heterocycles. The van der Waals surface area contributed by atoms with Crippen LogP contribution in [-0.4, -0.2) is 10.9 Å². The van der Waals surface area contributed by atoms with Crippen molar-refractivity contribution in [2.45, 2.75) is 0 Å². The number of carbonyl (C=O) groups is 1. The summed E-state index contributed by atoms with van der Waals surface area (Å²) in [6.07, 6.45) is 1.59. The third-order valence-corrected chi connectivity index (χ3v) is 2.52. The van der Waals surface area contributed by atoms with Gasteiger partial charge in [-0.05, 0) is 30.3 Å². The lowest BCUT2D eigenvalue weighted by molar-refractivity contribution is 0.102. The smallest absolute Gasteiger partial charge is 0.259 e. The Bertz CT molecular complexity index is 559. The highest BCUT2D eigenvalue weighted by Gasteiger charge is 2.12. The maximum Gasteiger partial charge on any atom is 0.259 e. The monoisotopic (exact) mass is 262 g/mol. The fourth-order valence-corrected chi connectivity index (χ4v) is 1.62. The summed E-state index contributed by atoms with van der Waals surface area (Å²) < 4.78 is 0. The van der Waals surface area contributed by atoms with Crippen molar-refractivity contribution in [3.63, 3.8) is 0 Å². The van der Waals surface area contributed by atoms with Crippen molar-refractivity contribution < 1.29 is 4.79 Å². The van der Waals surface area contributed by atoms with Gasteiger partial charge in [-0.3, -0.25) is 10.6 Å². The topological polar surface area (TPSA) is 80.0 Å². The Morgan fingerprint density at radius 2 is 2.11 bits per heavy atom. The van der Waals surface area contributed by atoms with Gasteiger partial charge in [-0.25, -0.2) is 4.98 Å². The van der Waals surface area contributed by atoms with Crippen molar-refractivity contribution in [2.75, 3.05) is 10.7 Å². The van der Waals surface area contributed by atoms with E-state index in [4.69, 9.17) is 17.4 Å². The van der Waals surface area contributed by atoms with Gasteiger partial charge in [0.15, 0.2) is 0 Å². The second kappa shape index (κ2) is 5.48. The first-order valence-electron chi connectivity index (χ1n) is 5.19.